The highest BCUT2D eigenvalue weighted by molar-refractivity contribution is 5.91. The third-order valence-corrected chi connectivity index (χ3v) is 2.66. The van der Waals surface area contributed by atoms with Crippen LogP contribution in [-0.2, 0) is 4.79 Å². The molecule has 1 heterocycles. The number of ether oxygens (including phenoxy) is 1. The fourth-order valence-corrected chi connectivity index (χ4v) is 1.60. The molecule has 2 aromatic rings. The van der Waals surface area contributed by atoms with Crippen LogP contribution in [0.4, 0.5) is 4.39 Å². The van der Waals surface area contributed by atoms with Gasteiger partial charge in [0.05, 0.1) is 6.26 Å². The molecule has 2 N–H and O–H groups in total. The summed E-state index contributed by atoms with van der Waals surface area (Å²) in [6.45, 7) is 0.345. The highest BCUT2D eigenvalue weighted by Gasteiger charge is 2.07. The number of halogens is 1. The molecule has 2 rings (SSSR count). The van der Waals surface area contributed by atoms with Crippen molar-refractivity contribution in [2.24, 2.45) is 0 Å². The Morgan fingerprint density at radius 1 is 1.09 bits per heavy atom. The van der Waals surface area contributed by atoms with Gasteiger partial charge in [0.1, 0.15) is 11.6 Å². The summed E-state index contributed by atoms with van der Waals surface area (Å²) in [5, 5.41) is 5.17. The van der Waals surface area contributed by atoms with E-state index in [2.05, 4.69) is 10.6 Å². The van der Waals surface area contributed by atoms with Gasteiger partial charge >= 0.3 is 0 Å². The van der Waals surface area contributed by atoms with Crippen molar-refractivity contribution in [3.05, 3.63) is 54.2 Å². The van der Waals surface area contributed by atoms with Crippen LogP contribution < -0.4 is 15.4 Å². The van der Waals surface area contributed by atoms with E-state index in [-0.39, 0.29) is 43.1 Å². The first-order chi connectivity index (χ1) is 10.6. The van der Waals surface area contributed by atoms with Crippen molar-refractivity contribution >= 4 is 11.8 Å². The van der Waals surface area contributed by atoms with Gasteiger partial charge in [-0.05, 0) is 36.4 Å². The molecular formula is C15H15FN2O4. The molecule has 0 unspecified atom stereocenters. The van der Waals surface area contributed by atoms with Gasteiger partial charge in [-0.15, -0.1) is 0 Å². The van der Waals surface area contributed by atoms with Gasteiger partial charge in [0, 0.05) is 13.1 Å². The van der Waals surface area contributed by atoms with E-state index in [0.29, 0.717) is 5.75 Å². The van der Waals surface area contributed by atoms with Gasteiger partial charge in [0.2, 0.25) is 0 Å². The lowest BCUT2D eigenvalue weighted by Crippen LogP contribution is -2.36. The molecule has 0 bridgehead atoms. The van der Waals surface area contributed by atoms with Crippen LogP contribution in [0.2, 0.25) is 0 Å². The van der Waals surface area contributed by atoms with Crippen LogP contribution >= 0.6 is 0 Å². The maximum absolute atomic E-state index is 12.7. The summed E-state index contributed by atoms with van der Waals surface area (Å²) in [6, 6.07) is 8.53. The smallest absolute Gasteiger partial charge is 0.287 e. The molecule has 0 fully saturated rings. The quantitative estimate of drug-likeness (QED) is 0.757. The molecule has 0 radical (unpaired) electrons. The zero-order valence-corrected chi connectivity index (χ0v) is 11.7. The number of nitrogens with one attached hydrogen (secondary N) is 2. The van der Waals surface area contributed by atoms with Gasteiger partial charge < -0.3 is 19.8 Å². The molecule has 0 aliphatic carbocycles. The molecule has 7 heteroatoms. The third-order valence-electron chi connectivity index (χ3n) is 2.66. The second kappa shape index (κ2) is 7.82. The van der Waals surface area contributed by atoms with Gasteiger partial charge in [-0.3, -0.25) is 9.59 Å². The fourth-order valence-electron chi connectivity index (χ4n) is 1.60. The largest absolute Gasteiger partial charge is 0.484 e. The Morgan fingerprint density at radius 2 is 1.82 bits per heavy atom. The zero-order valence-electron chi connectivity index (χ0n) is 11.7. The Balaban J connectivity index is 1.59. The summed E-state index contributed by atoms with van der Waals surface area (Å²) in [5.41, 5.74) is 0. The summed E-state index contributed by atoms with van der Waals surface area (Å²) >= 11 is 0. The molecule has 6 nitrogen and oxygen atoms in total. The maximum atomic E-state index is 12.7. The van der Waals surface area contributed by atoms with Crippen LogP contribution in [0.5, 0.6) is 5.75 Å². The zero-order chi connectivity index (χ0) is 15.8. The van der Waals surface area contributed by atoms with Crippen molar-refractivity contribution in [1.29, 1.82) is 0 Å². The minimum atomic E-state index is -0.371. The lowest BCUT2D eigenvalue weighted by molar-refractivity contribution is -0.123. The van der Waals surface area contributed by atoms with Crippen LogP contribution in [0.1, 0.15) is 10.6 Å². The highest BCUT2D eigenvalue weighted by Crippen LogP contribution is 2.10. The molecule has 1 aromatic carbocycles. The standard InChI is InChI=1S/C15H15FN2O4/c16-11-3-5-12(6-4-11)22-10-14(19)17-7-8-18-15(20)13-2-1-9-21-13/h1-6,9H,7-8,10H2,(H,17,19)(H,18,20). The van der Waals surface area contributed by atoms with E-state index in [1.807, 2.05) is 0 Å². The van der Waals surface area contributed by atoms with Crippen molar-refractivity contribution in [2.75, 3.05) is 19.7 Å². The van der Waals surface area contributed by atoms with Crippen LogP contribution in [0, 0.1) is 5.82 Å². The average molecular weight is 306 g/mol. The van der Waals surface area contributed by atoms with Crippen LogP contribution in [0.25, 0.3) is 0 Å². The number of hydrogen-bond acceptors (Lipinski definition) is 4. The van der Waals surface area contributed by atoms with Gasteiger partial charge in [-0.1, -0.05) is 0 Å². The van der Waals surface area contributed by atoms with Crippen molar-refractivity contribution in [3.8, 4) is 5.75 Å². The van der Waals surface area contributed by atoms with E-state index in [4.69, 9.17) is 9.15 Å². The van der Waals surface area contributed by atoms with E-state index in [0.717, 1.165) is 0 Å². The normalized spacial score (nSPS) is 10.0. The first-order valence-corrected chi connectivity index (χ1v) is 6.62. The SMILES string of the molecule is O=C(COc1ccc(F)cc1)NCCNC(=O)c1ccco1. The molecule has 116 valence electrons. The predicted octanol–water partition coefficient (Wildman–Crippen LogP) is 1.34. The molecule has 22 heavy (non-hydrogen) atoms. The van der Waals surface area contributed by atoms with Gasteiger partial charge in [-0.2, -0.15) is 0 Å². The third kappa shape index (κ3) is 4.93. The second-order valence-electron chi connectivity index (χ2n) is 4.33. The van der Waals surface area contributed by atoms with Crippen molar-refractivity contribution in [1.82, 2.24) is 10.6 Å². The molecule has 0 spiro atoms. The van der Waals surface area contributed by atoms with E-state index in [1.165, 1.54) is 30.5 Å². The van der Waals surface area contributed by atoms with E-state index >= 15 is 0 Å². The lowest BCUT2D eigenvalue weighted by atomic mass is 10.3. The molecule has 1 aromatic heterocycles. The minimum absolute atomic E-state index is 0.183. The van der Waals surface area contributed by atoms with Gasteiger partial charge in [-0.25, -0.2) is 4.39 Å². The number of rotatable bonds is 7. The molecule has 2 amide bonds. The molecule has 0 atom stereocenters. The van der Waals surface area contributed by atoms with Crippen LogP contribution in [-0.4, -0.2) is 31.5 Å². The molecule has 0 saturated carbocycles. The Bertz CT molecular complexity index is 611. The number of amides is 2. The van der Waals surface area contributed by atoms with Crippen molar-refractivity contribution < 1.29 is 23.1 Å². The second-order valence-corrected chi connectivity index (χ2v) is 4.33. The van der Waals surface area contributed by atoms with E-state index in [9.17, 15) is 14.0 Å². The minimum Gasteiger partial charge on any atom is -0.484 e. The molecule has 0 aliphatic rings. The summed E-state index contributed by atoms with van der Waals surface area (Å²) in [7, 11) is 0. The summed E-state index contributed by atoms with van der Waals surface area (Å²) < 4.78 is 22.8. The van der Waals surface area contributed by atoms with Crippen LogP contribution in [0.15, 0.2) is 47.1 Å². The van der Waals surface area contributed by atoms with E-state index < -0.39 is 0 Å². The van der Waals surface area contributed by atoms with Crippen LogP contribution in [0.3, 0.4) is 0 Å². The summed E-state index contributed by atoms with van der Waals surface area (Å²) in [6.07, 6.45) is 1.41. The monoisotopic (exact) mass is 306 g/mol. The summed E-state index contributed by atoms with van der Waals surface area (Å²) in [5.74, 6) is -0.434. The number of furan rings is 1. The van der Waals surface area contributed by atoms with Crippen molar-refractivity contribution in [3.63, 3.8) is 0 Å². The number of hydrogen-bond donors (Lipinski definition) is 2. The Hall–Kier alpha value is -2.83. The Morgan fingerprint density at radius 3 is 2.50 bits per heavy atom. The fraction of sp³-hybridized carbons (Fsp3) is 0.200. The Kier molecular flexibility index (Phi) is 5.53. The van der Waals surface area contributed by atoms with Crippen molar-refractivity contribution in [2.45, 2.75) is 0 Å². The number of benzene rings is 1. The predicted molar refractivity (Wildman–Crippen MR) is 75.9 cm³/mol. The molecule has 0 saturated heterocycles. The van der Waals surface area contributed by atoms with Gasteiger partial charge in [0.15, 0.2) is 12.4 Å². The first-order valence-electron chi connectivity index (χ1n) is 6.62. The highest BCUT2D eigenvalue weighted by atomic mass is 19.1. The lowest BCUT2D eigenvalue weighted by Gasteiger charge is -2.08. The molecule has 0 aliphatic heterocycles. The number of carbonyl (C=O) groups excluding carboxylic acids is 2. The van der Waals surface area contributed by atoms with E-state index in [1.54, 1.807) is 12.1 Å². The maximum Gasteiger partial charge on any atom is 0.287 e. The number of carbonyl (C=O) groups is 2. The summed E-state index contributed by atoms with van der Waals surface area (Å²) in [4.78, 5) is 23.0. The van der Waals surface area contributed by atoms with Gasteiger partial charge in [0.25, 0.3) is 11.8 Å². The average Bonchev–Trinajstić information content (AvgIpc) is 3.05. The first kappa shape index (κ1) is 15.6. The topological polar surface area (TPSA) is 80.6 Å². The molecular weight excluding hydrogens is 291 g/mol. The Labute approximate surface area is 126 Å².